The van der Waals surface area contributed by atoms with Crippen molar-refractivity contribution in [2.45, 2.75) is 55.4 Å². The van der Waals surface area contributed by atoms with Gasteiger partial charge in [-0.2, -0.15) is 0 Å². The number of ether oxygens (including phenoxy) is 1. The highest BCUT2D eigenvalue weighted by molar-refractivity contribution is 5.81. The van der Waals surface area contributed by atoms with Gasteiger partial charge in [-0.1, -0.05) is 97.9 Å². The Morgan fingerprint density at radius 3 is 1.70 bits per heavy atom. The summed E-state index contributed by atoms with van der Waals surface area (Å²) in [5.41, 5.74) is 1.23. The lowest BCUT2D eigenvalue weighted by Crippen LogP contribution is -2.07. The summed E-state index contributed by atoms with van der Waals surface area (Å²) in [5, 5.41) is 0.527. The molecule has 1 aromatic heterocycles. The van der Waals surface area contributed by atoms with E-state index in [1.807, 2.05) is 91.8 Å². The molecule has 0 aliphatic carbocycles. The molecular formula is C24H36O3. The summed E-state index contributed by atoms with van der Waals surface area (Å²) in [6.07, 6.45) is 0. The molecule has 3 nitrogen and oxygen atoms in total. The molecule has 3 aromatic rings. The zero-order valence-corrected chi connectivity index (χ0v) is 18.4. The van der Waals surface area contributed by atoms with E-state index in [9.17, 15) is 4.79 Å². The Balaban J connectivity index is 0. The van der Waals surface area contributed by atoms with E-state index in [0.717, 1.165) is 5.56 Å². The van der Waals surface area contributed by atoms with Gasteiger partial charge >= 0.3 is 0 Å². The van der Waals surface area contributed by atoms with E-state index in [2.05, 4.69) is 0 Å². The highest BCUT2D eigenvalue weighted by atomic mass is 16.5. The second-order valence-corrected chi connectivity index (χ2v) is 4.16. The topological polar surface area (TPSA) is 39.4 Å². The number of methoxy groups -OCH3 is 1. The SMILES string of the molecule is CC.CC.CC.CC.COc1c(-c2ccccc2)oc2ccccc2c1=O. The molecule has 0 aliphatic rings. The van der Waals surface area contributed by atoms with Crippen LogP contribution in [0.5, 0.6) is 5.75 Å². The zero-order chi connectivity index (χ0) is 21.2. The van der Waals surface area contributed by atoms with Gasteiger partial charge in [0.2, 0.25) is 11.2 Å². The van der Waals surface area contributed by atoms with Crippen LogP contribution in [0, 0.1) is 0 Å². The maximum absolute atomic E-state index is 12.4. The van der Waals surface area contributed by atoms with Gasteiger partial charge < -0.3 is 9.15 Å². The fourth-order valence-electron chi connectivity index (χ4n) is 2.09. The monoisotopic (exact) mass is 372 g/mol. The minimum absolute atomic E-state index is 0.150. The number of fused-ring (bicyclic) bond motifs is 1. The molecule has 0 bridgehead atoms. The van der Waals surface area contributed by atoms with Gasteiger partial charge in [-0.05, 0) is 12.1 Å². The van der Waals surface area contributed by atoms with Crippen molar-refractivity contribution in [2.75, 3.05) is 7.11 Å². The first-order valence-corrected chi connectivity index (χ1v) is 9.96. The number of hydrogen-bond donors (Lipinski definition) is 0. The summed E-state index contributed by atoms with van der Waals surface area (Å²) in [6, 6.07) is 16.6. The lowest BCUT2D eigenvalue weighted by atomic mass is 10.1. The van der Waals surface area contributed by atoms with E-state index in [1.54, 1.807) is 18.2 Å². The van der Waals surface area contributed by atoms with Gasteiger partial charge in [-0.3, -0.25) is 4.79 Å². The molecule has 0 aliphatic heterocycles. The number of benzene rings is 2. The van der Waals surface area contributed by atoms with Crippen molar-refractivity contribution >= 4 is 11.0 Å². The molecule has 1 heterocycles. The second kappa shape index (κ2) is 16.9. The van der Waals surface area contributed by atoms with Crippen molar-refractivity contribution in [1.29, 1.82) is 0 Å². The number of rotatable bonds is 2. The first-order chi connectivity index (χ1) is 13.3. The fourth-order valence-corrected chi connectivity index (χ4v) is 2.09. The van der Waals surface area contributed by atoms with Crippen molar-refractivity contribution in [1.82, 2.24) is 0 Å². The summed E-state index contributed by atoms with van der Waals surface area (Å²) in [4.78, 5) is 12.4. The highest BCUT2D eigenvalue weighted by Crippen LogP contribution is 2.30. The fraction of sp³-hybridized carbons (Fsp3) is 0.375. The van der Waals surface area contributed by atoms with Crippen molar-refractivity contribution in [2.24, 2.45) is 0 Å². The van der Waals surface area contributed by atoms with Crippen LogP contribution in [-0.4, -0.2) is 7.11 Å². The molecule has 0 radical (unpaired) electrons. The Morgan fingerprint density at radius 2 is 1.19 bits per heavy atom. The summed E-state index contributed by atoms with van der Waals surface area (Å²) in [5.74, 6) is 0.705. The molecule has 27 heavy (non-hydrogen) atoms. The Hall–Kier alpha value is -2.55. The number of hydrogen-bond acceptors (Lipinski definition) is 3. The first kappa shape index (κ1) is 26.7. The van der Waals surface area contributed by atoms with Crippen LogP contribution in [0.25, 0.3) is 22.3 Å². The van der Waals surface area contributed by atoms with Crippen molar-refractivity contribution in [3.63, 3.8) is 0 Å². The molecule has 150 valence electrons. The Morgan fingerprint density at radius 1 is 0.704 bits per heavy atom. The zero-order valence-electron chi connectivity index (χ0n) is 18.4. The van der Waals surface area contributed by atoms with Crippen LogP contribution in [0.1, 0.15) is 55.4 Å². The second-order valence-electron chi connectivity index (χ2n) is 4.16. The van der Waals surface area contributed by atoms with E-state index < -0.39 is 0 Å². The predicted molar refractivity (Wildman–Crippen MR) is 120 cm³/mol. The van der Waals surface area contributed by atoms with Gasteiger partial charge in [0.15, 0.2) is 5.76 Å². The molecule has 0 amide bonds. The molecule has 0 atom stereocenters. The molecule has 0 spiro atoms. The Bertz CT molecular complexity index is 774. The summed E-state index contributed by atoms with van der Waals surface area (Å²) >= 11 is 0. The third-order valence-electron chi connectivity index (χ3n) is 3.00. The summed E-state index contributed by atoms with van der Waals surface area (Å²) < 4.78 is 11.1. The van der Waals surface area contributed by atoms with Crippen LogP contribution in [0.2, 0.25) is 0 Å². The van der Waals surface area contributed by atoms with Crippen molar-refractivity contribution < 1.29 is 9.15 Å². The normalized spacial score (nSPS) is 8.33. The average molecular weight is 373 g/mol. The molecule has 0 fully saturated rings. The van der Waals surface area contributed by atoms with Crippen LogP contribution in [-0.2, 0) is 0 Å². The van der Waals surface area contributed by atoms with Crippen LogP contribution in [0.15, 0.2) is 63.8 Å². The first-order valence-electron chi connectivity index (χ1n) is 9.96. The van der Waals surface area contributed by atoms with E-state index in [4.69, 9.17) is 9.15 Å². The van der Waals surface area contributed by atoms with E-state index in [-0.39, 0.29) is 11.2 Å². The lowest BCUT2D eigenvalue weighted by Gasteiger charge is -2.08. The molecule has 2 aromatic carbocycles. The van der Waals surface area contributed by atoms with Crippen molar-refractivity contribution in [3.05, 3.63) is 64.8 Å². The standard InChI is InChI=1S/C16H12O3.4C2H6/c1-18-16-14(17)12-9-5-6-10-13(12)19-15(16)11-7-3-2-4-8-11;4*1-2/h2-10H,1H3;4*1-2H3. The van der Waals surface area contributed by atoms with Crippen LogP contribution in [0.3, 0.4) is 0 Å². The van der Waals surface area contributed by atoms with Crippen molar-refractivity contribution in [3.8, 4) is 17.1 Å². The van der Waals surface area contributed by atoms with E-state index >= 15 is 0 Å². The third-order valence-corrected chi connectivity index (χ3v) is 3.00. The predicted octanol–water partition coefficient (Wildman–Crippen LogP) is 7.57. The molecule has 3 rings (SSSR count). The van der Waals surface area contributed by atoms with E-state index in [1.165, 1.54) is 7.11 Å². The van der Waals surface area contributed by atoms with Gasteiger partial charge in [-0.15, -0.1) is 0 Å². The average Bonchev–Trinajstić information content (AvgIpc) is 2.80. The molecule has 0 saturated heterocycles. The van der Waals surface area contributed by atoms with E-state index in [0.29, 0.717) is 16.7 Å². The third kappa shape index (κ3) is 7.30. The molecule has 0 unspecified atom stereocenters. The summed E-state index contributed by atoms with van der Waals surface area (Å²) in [7, 11) is 1.48. The van der Waals surface area contributed by atoms with Crippen LogP contribution >= 0.6 is 0 Å². The molecule has 0 saturated carbocycles. The number of para-hydroxylation sites is 1. The van der Waals surface area contributed by atoms with Gasteiger partial charge in [-0.25, -0.2) is 0 Å². The molecule has 0 N–H and O–H groups in total. The Labute approximate surface area is 165 Å². The maximum atomic E-state index is 12.4. The molecule has 3 heteroatoms. The Kier molecular flexibility index (Phi) is 16.7. The maximum Gasteiger partial charge on any atom is 0.235 e. The highest BCUT2D eigenvalue weighted by Gasteiger charge is 2.15. The summed E-state index contributed by atoms with van der Waals surface area (Å²) in [6.45, 7) is 16.0. The lowest BCUT2D eigenvalue weighted by molar-refractivity contribution is 0.399. The van der Waals surface area contributed by atoms with Gasteiger partial charge in [0.1, 0.15) is 5.58 Å². The molecular weight excluding hydrogens is 336 g/mol. The smallest absolute Gasteiger partial charge is 0.235 e. The van der Waals surface area contributed by atoms with Crippen LogP contribution < -0.4 is 10.2 Å². The largest absolute Gasteiger partial charge is 0.490 e. The van der Waals surface area contributed by atoms with Gasteiger partial charge in [0, 0.05) is 5.56 Å². The quantitative estimate of drug-likeness (QED) is 0.465. The van der Waals surface area contributed by atoms with Crippen LogP contribution in [0.4, 0.5) is 0 Å². The minimum atomic E-state index is -0.150. The van der Waals surface area contributed by atoms with Gasteiger partial charge in [0.25, 0.3) is 0 Å². The van der Waals surface area contributed by atoms with Gasteiger partial charge in [0.05, 0.1) is 12.5 Å². The minimum Gasteiger partial charge on any atom is -0.490 e.